The van der Waals surface area contributed by atoms with Crippen LogP contribution in [0.4, 0.5) is 5.82 Å². The molecule has 0 bridgehead atoms. The molecule has 0 aliphatic carbocycles. The van der Waals surface area contributed by atoms with Gasteiger partial charge < -0.3 is 10.3 Å². The summed E-state index contributed by atoms with van der Waals surface area (Å²) in [5.41, 5.74) is 8.09. The van der Waals surface area contributed by atoms with Crippen LogP contribution in [0.15, 0.2) is 36.4 Å². The molecular weight excluding hydrogens is 240 g/mol. The van der Waals surface area contributed by atoms with Crippen molar-refractivity contribution in [3.8, 4) is 0 Å². The van der Waals surface area contributed by atoms with Gasteiger partial charge >= 0.3 is 0 Å². The third-order valence-corrected chi connectivity index (χ3v) is 3.22. The van der Waals surface area contributed by atoms with Crippen molar-refractivity contribution in [1.82, 2.24) is 14.3 Å². The number of carbonyl (C=O) groups excluding carboxylic acids is 1. The van der Waals surface area contributed by atoms with E-state index in [4.69, 9.17) is 5.73 Å². The van der Waals surface area contributed by atoms with Crippen LogP contribution in [0.25, 0.3) is 10.9 Å². The third-order valence-electron chi connectivity index (χ3n) is 3.22. The van der Waals surface area contributed by atoms with Crippen LogP contribution in [-0.4, -0.2) is 20.3 Å². The van der Waals surface area contributed by atoms with Crippen molar-refractivity contribution < 1.29 is 4.79 Å². The molecule has 1 aromatic carbocycles. The van der Waals surface area contributed by atoms with Crippen LogP contribution in [0.2, 0.25) is 0 Å². The van der Waals surface area contributed by atoms with Gasteiger partial charge in [0.05, 0.1) is 5.69 Å². The number of hydrogen-bond acceptors (Lipinski definition) is 3. The Morgan fingerprint density at radius 3 is 2.63 bits per heavy atom. The van der Waals surface area contributed by atoms with Crippen LogP contribution in [-0.2, 0) is 7.05 Å². The number of rotatable bonds is 1. The Morgan fingerprint density at radius 2 is 2.00 bits per heavy atom. The van der Waals surface area contributed by atoms with Crippen molar-refractivity contribution in [3.05, 3.63) is 47.8 Å². The molecule has 0 aliphatic rings. The second-order valence-electron chi connectivity index (χ2n) is 4.57. The Kier molecular flexibility index (Phi) is 2.41. The fourth-order valence-electron chi connectivity index (χ4n) is 2.28. The molecule has 0 amide bonds. The lowest BCUT2D eigenvalue weighted by molar-refractivity contribution is 0.0940. The second kappa shape index (κ2) is 3.98. The summed E-state index contributed by atoms with van der Waals surface area (Å²) in [6.07, 6.45) is 0. The van der Waals surface area contributed by atoms with Crippen LogP contribution >= 0.6 is 0 Å². The molecular formula is C14H14N4O. The average Bonchev–Trinajstić information content (AvgIpc) is 2.90. The summed E-state index contributed by atoms with van der Waals surface area (Å²) < 4.78 is 3.09. The number of nitrogens with zero attached hydrogens (tertiary/aromatic N) is 3. The van der Waals surface area contributed by atoms with Gasteiger partial charge in [-0.05, 0) is 19.1 Å². The Hall–Kier alpha value is -2.56. The Labute approximate surface area is 110 Å². The quantitative estimate of drug-likeness (QED) is 0.721. The molecule has 3 aromatic rings. The Morgan fingerprint density at radius 1 is 1.26 bits per heavy atom. The van der Waals surface area contributed by atoms with E-state index in [9.17, 15) is 4.79 Å². The SMILES string of the molecule is Cc1cc(N)n(C(=O)c2cc3ccccc3n2C)n1. The van der Waals surface area contributed by atoms with Gasteiger partial charge in [0.1, 0.15) is 11.5 Å². The lowest BCUT2D eigenvalue weighted by Crippen LogP contribution is -2.18. The predicted molar refractivity (Wildman–Crippen MR) is 74.0 cm³/mol. The normalized spacial score (nSPS) is 11.1. The summed E-state index contributed by atoms with van der Waals surface area (Å²) in [5, 5.41) is 5.15. The van der Waals surface area contributed by atoms with Gasteiger partial charge in [-0.25, -0.2) is 0 Å². The van der Waals surface area contributed by atoms with Crippen LogP contribution < -0.4 is 5.73 Å². The molecule has 0 fully saturated rings. The van der Waals surface area contributed by atoms with Gasteiger partial charge in [-0.15, -0.1) is 0 Å². The minimum absolute atomic E-state index is 0.218. The minimum Gasteiger partial charge on any atom is -0.383 e. The molecule has 96 valence electrons. The zero-order chi connectivity index (χ0) is 13.6. The smallest absolute Gasteiger partial charge is 0.296 e. The molecule has 0 saturated carbocycles. The molecule has 2 heterocycles. The van der Waals surface area contributed by atoms with Gasteiger partial charge in [-0.1, -0.05) is 18.2 Å². The lowest BCUT2D eigenvalue weighted by Gasteiger charge is -2.04. The third kappa shape index (κ3) is 1.71. The van der Waals surface area contributed by atoms with E-state index in [2.05, 4.69) is 5.10 Å². The van der Waals surface area contributed by atoms with E-state index in [1.807, 2.05) is 48.9 Å². The summed E-state index contributed by atoms with van der Waals surface area (Å²) in [6.45, 7) is 1.81. The first-order valence-electron chi connectivity index (χ1n) is 5.99. The van der Waals surface area contributed by atoms with Crippen LogP contribution in [0, 0.1) is 6.92 Å². The van der Waals surface area contributed by atoms with Crippen LogP contribution in [0.1, 0.15) is 16.2 Å². The highest BCUT2D eigenvalue weighted by atomic mass is 16.2. The van der Waals surface area contributed by atoms with Gasteiger partial charge in [0.2, 0.25) is 0 Å². The molecule has 2 N–H and O–H groups in total. The minimum atomic E-state index is -0.218. The van der Waals surface area contributed by atoms with Crippen molar-refractivity contribution >= 4 is 22.6 Å². The molecule has 5 heteroatoms. The fourth-order valence-corrected chi connectivity index (χ4v) is 2.28. The maximum atomic E-state index is 12.5. The van der Waals surface area contributed by atoms with E-state index >= 15 is 0 Å². The molecule has 0 spiro atoms. The highest BCUT2D eigenvalue weighted by molar-refractivity contribution is 6.00. The fraction of sp³-hybridized carbons (Fsp3) is 0.143. The summed E-state index contributed by atoms with van der Waals surface area (Å²) in [7, 11) is 1.86. The molecule has 0 atom stereocenters. The van der Waals surface area contributed by atoms with E-state index in [1.165, 1.54) is 4.68 Å². The zero-order valence-corrected chi connectivity index (χ0v) is 10.8. The predicted octanol–water partition coefficient (Wildman–Crippen LogP) is 1.95. The van der Waals surface area contributed by atoms with Gasteiger partial charge in [0, 0.05) is 24.0 Å². The van der Waals surface area contributed by atoms with Crippen molar-refractivity contribution in [2.24, 2.45) is 7.05 Å². The molecule has 19 heavy (non-hydrogen) atoms. The average molecular weight is 254 g/mol. The highest BCUT2D eigenvalue weighted by Crippen LogP contribution is 2.20. The topological polar surface area (TPSA) is 65.8 Å². The van der Waals surface area contributed by atoms with E-state index in [0.717, 1.165) is 16.6 Å². The number of hydrogen-bond donors (Lipinski definition) is 1. The number of nitrogens with two attached hydrogens (primary N) is 1. The van der Waals surface area contributed by atoms with E-state index in [1.54, 1.807) is 6.07 Å². The number of aryl methyl sites for hydroxylation is 2. The van der Waals surface area contributed by atoms with Crippen molar-refractivity contribution in [2.75, 3.05) is 5.73 Å². The molecule has 0 radical (unpaired) electrons. The van der Waals surface area contributed by atoms with Gasteiger partial charge in [0.25, 0.3) is 5.91 Å². The van der Waals surface area contributed by atoms with E-state index in [-0.39, 0.29) is 5.91 Å². The number of anilines is 1. The molecule has 0 saturated heterocycles. The molecule has 0 unspecified atom stereocenters. The number of para-hydroxylation sites is 1. The van der Waals surface area contributed by atoms with Crippen molar-refractivity contribution in [3.63, 3.8) is 0 Å². The number of carbonyl (C=O) groups is 1. The van der Waals surface area contributed by atoms with Crippen LogP contribution in [0.5, 0.6) is 0 Å². The number of fused-ring (bicyclic) bond motifs is 1. The highest BCUT2D eigenvalue weighted by Gasteiger charge is 2.17. The summed E-state index contributed by atoms with van der Waals surface area (Å²) in [5.74, 6) is 0.136. The van der Waals surface area contributed by atoms with Gasteiger partial charge in [0.15, 0.2) is 0 Å². The number of aromatic nitrogens is 3. The van der Waals surface area contributed by atoms with Crippen molar-refractivity contribution in [1.29, 1.82) is 0 Å². The van der Waals surface area contributed by atoms with E-state index in [0.29, 0.717) is 11.5 Å². The molecule has 0 aliphatic heterocycles. The van der Waals surface area contributed by atoms with Gasteiger partial charge in [-0.2, -0.15) is 9.78 Å². The van der Waals surface area contributed by atoms with Gasteiger partial charge in [-0.3, -0.25) is 4.79 Å². The number of benzene rings is 1. The molecule has 5 nitrogen and oxygen atoms in total. The number of nitrogen functional groups attached to an aromatic ring is 1. The summed E-state index contributed by atoms with van der Waals surface area (Å²) in [4.78, 5) is 12.5. The standard InChI is InChI=1S/C14H14N4O/c1-9-7-13(15)18(16-9)14(19)12-8-10-5-3-4-6-11(10)17(12)2/h3-8H,15H2,1-2H3. The van der Waals surface area contributed by atoms with E-state index < -0.39 is 0 Å². The second-order valence-corrected chi connectivity index (χ2v) is 4.57. The summed E-state index contributed by atoms with van der Waals surface area (Å²) >= 11 is 0. The summed E-state index contributed by atoms with van der Waals surface area (Å²) in [6, 6.07) is 11.4. The maximum Gasteiger partial charge on any atom is 0.296 e. The maximum absolute atomic E-state index is 12.5. The molecule has 3 rings (SSSR count). The first-order valence-corrected chi connectivity index (χ1v) is 5.99. The Bertz CT molecular complexity index is 782. The molecule has 2 aromatic heterocycles. The lowest BCUT2D eigenvalue weighted by atomic mass is 10.2. The monoisotopic (exact) mass is 254 g/mol. The first-order chi connectivity index (χ1) is 9.08. The largest absolute Gasteiger partial charge is 0.383 e. The first kappa shape index (κ1) is 11.5. The zero-order valence-electron chi connectivity index (χ0n) is 10.8. The van der Waals surface area contributed by atoms with Crippen LogP contribution in [0.3, 0.4) is 0 Å². The Balaban J connectivity index is 2.17. The van der Waals surface area contributed by atoms with Crippen molar-refractivity contribution in [2.45, 2.75) is 6.92 Å².